The number of hydrogen-bond donors (Lipinski definition) is 2. The number of halogens is 1. The Morgan fingerprint density at radius 3 is 2.75 bits per heavy atom. The van der Waals surface area contributed by atoms with Crippen LogP contribution in [0.1, 0.15) is 5.56 Å². The summed E-state index contributed by atoms with van der Waals surface area (Å²) in [6, 6.07) is 15.1. The molecule has 0 aliphatic rings. The minimum atomic E-state index is -0.213. The number of hydrogen-bond acceptors (Lipinski definition) is 2. The Kier molecular flexibility index (Phi) is 3.76. The molecule has 0 aliphatic carbocycles. The lowest BCUT2D eigenvalue weighted by molar-refractivity contribution is 0.623. The van der Waals surface area contributed by atoms with Gasteiger partial charge in [0, 0.05) is 15.8 Å². The van der Waals surface area contributed by atoms with Gasteiger partial charge in [-0.15, -0.1) is 0 Å². The van der Waals surface area contributed by atoms with E-state index in [4.69, 9.17) is 5.73 Å². The average molecular weight is 286 g/mol. The maximum atomic E-state index is 13.3. The summed E-state index contributed by atoms with van der Waals surface area (Å²) in [4.78, 5) is 4.41. The molecule has 0 spiro atoms. The molecule has 4 heteroatoms. The van der Waals surface area contributed by atoms with Gasteiger partial charge in [0.15, 0.2) is 0 Å². The Bertz CT molecular complexity index is 703. The molecule has 102 valence electrons. The van der Waals surface area contributed by atoms with Crippen LogP contribution < -0.4 is 5.73 Å². The van der Waals surface area contributed by atoms with Crippen LogP contribution in [-0.4, -0.2) is 11.5 Å². The normalized spacial score (nSPS) is 11.1. The molecule has 0 amide bonds. The van der Waals surface area contributed by atoms with Crippen LogP contribution in [0.3, 0.4) is 0 Å². The first-order valence-electron chi connectivity index (χ1n) is 6.50. The molecule has 3 rings (SSSR count). The lowest BCUT2D eigenvalue weighted by Crippen LogP contribution is -2.04. The van der Waals surface area contributed by atoms with Crippen molar-refractivity contribution in [2.45, 2.75) is 16.3 Å². The van der Waals surface area contributed by atoms with Gasteiger partial charge in [0.2, 0.25) is 0 Å². The third-order valence-electron chi connectivity index (χ3n) is 3.16. The van der Waals surface area contributed by atoms with Crippen molar-refractivity contribution in [2.24, 2.45) is 5.73 Å². The zero-order chi connectivity index (χ0) is 13.9. The predicted octanol–water partition coefficient (Wildman–Crippen LogP) is 3.96. The van der Waals surface area contributed by atoms with Crippen LogP contribution in [0.2, 0.25) is 0 Å². The second-order valence-corrected chi connectivity index (χ2v) is 5.70. The highest BCUT2D eigenvalue weighted by Crippen LogP contribution is 2.32. The predicted molar refractivity (Wildman–Crippen MR) is 81.6 cm³/mol. The summed E-state index contributed by atoms with van der Waals surface area (Å²) in [7, 11) is 0. The van der Waals surface area contributed by atoms with Gasteiger partial charge in [-0.3, -0.25) is 0 Å². The van der Waals surface area contributed by atoms with Crippen molar-refractivity contribution in [1.82, 2.24) is 4.98 Å². The van der Waals surface area contributed by atoms with E-state index in [-0.39, 0.29) is 5.82 Å². The number of aromatic nitrogens is 1. The van der Waals surface area contributed by atoms with Gasteiger partial charge in [-0.1, -0.05) is 30.0 Å². The molecule has 0 unspecified atom stereocenters. The van der Waals surface area contributed by atoms with Gasteiger partial charge >= 0.3 is 0 Å². The first-order valence-corrected chi connectivity index (χ1v) is 7.32. The Labute approximate surface area is 121 Å². The summed E-state index contributed by atoms with van der Waals surface area (Å²) in [5, 5.41) is 2.23. The van der Waals surface area contributed by atoms with E-state index >= 15 is 0 Å². The minimum Gasteiger partial charge on any atom is -0.349 e. The maximum absolute atomic E-state index is 13.3. The molecule has 0 aliphatic heterocycles. The van der Waals surface area contributed by atoms with Gasteiger partial charge in [-0.2, -0.15) is 0 Å². The van der Waals surface area contributed by atoms with E-state index in [2.05, 4.69) is 17.1 Å². The Morgan fingerprint density at radius 1 is 1.10 bits per heavy atom. The van der Waals surface area contributed by atoms with Gasteiger partial charge in [0.1, 0.15) is 5.82 Å². The average Bonchev–Trinajstić information content (AvgIpc) is 2.84. The molecule has 0 fully saturated rings. The number of aromatic amines is 1. The van der Waals surface area contributed by atoms with Gasteiger partial charge < -0.3 is 10.7 Å². The molecule has 1 aromatic heterocycles. The van der Waals surface area contributed by atoms with Crippen LogP contribution in [0.15, 0.2) is 58.5 Å². The van der Waals surface area contributed by atoms with Crippen LogP contribution in [-0.2, 0) is 6.42 Å². The van der Waals surface area contributed by atoms with Gasteiger partial charge in [-0.25, -0.2) is 4.39 Å². The molecule has 1 heterocycles. The lowest BCUT2D eigenvalue weighted by atomic mass is 10.1. The largest absolute Gasteiger partial charge is 0.349 e. The Balaban J connectivity index is 1.93. The molecule has 0 saturated carbocycles. The number of nitrogens with two attached hydrogens (primary N) is 1. The second kappa shape index (κ2) is 5.69. The first kappa shape index (κ1) is 13.2. The highest BCUT2D eigenvalue weighted by molar-refractivity contribution is 7.99. The number of para-hydroxylation sites is 1. The van der Waals surface area contributed by atoms with Crippen LogP contribution in [0, 0.1) is 5.82 Å². The minimum absolute atomic E-state index is 0.213. The maximum Gasteiger partial charge on any atom is 0.123 e. The fraction of sp³-hybridized carbons (Fsp3) is 0.125. The molecule has 0 atom stereocenters. The summed E-state index contributed by atoms with van der Waals surface area (Å²) in [5.41, 5.74) is 7.66. The molecule has 2 nitrogen and oxygen atoms in total. The molecule has 2 aromatic carbocycles. The fourth-order valence-electron chi connectivity index (χ4n) is 2.22. The zero-order valence-electron chi connectivity index (χ0n) is 10.9. The molecule has 3 aromatic rings. The third-order valence-corrected chi connectivity index (χ3v) is 4.22. The third kappa shape index (κ3) is 2.71. The molecule has 0 radical (unpaired) electrons. The molecular weight excluding hydrogens is 271 g/mol. The molecule has 0 bridgehead atoms. The molecule has 0 saturated heterocycles. The van der Waals surface area contributed by atoms with Crippen LogP contribution in [0.25, 0.3) is 10.9 Å². The SMILES string of the molecule is NCCc1cc(F)ccc1Sc1cc2ccccc2[nH]1. The van der Waals surface area contributed by atoms with Crippen molar-refractivity contribution in [3.8, 4) is 0 Å². The van der Waals surface area contributed by atoms with Gasteiger partial charge in [-0.05, 0) is 48.9 Å². The van der Waals surface area contributed by atoms with E-state index in [0.717, 1.165) is 21.0 Å². The molecule has 20 heavy (non-hydrogen) atoms. The van der Waals surface area contributed by atoms with E-state index < -0.39 is 0 Å². The summed E-state index contributed by atoms with van der Waals surface area (Å²) >= 11 is 1.61. The smallest absolute Gasteiger partial charge is 0.123 e. The van der Waals surface area contributed by atoms with E-state index in [9.17, 15) is 4.39 Å². The van der Waals surface area contributed by atoms with Gasteiger partial charge in [0.05, 0.1) is 5.03 Å². The Morgan fingerprint density at radius 2 is 1.95 bits per heavy atom. The Hall–Kier alpha value is -1.78. The van der Waals surface area contributed by atoms with Gasteiger partial charge in [0.25, 0.3) is 0 Å². The summed E-state index contributed by atoms with van der Waals surface area (Å²) < 4.78 is 13.3. The van der Waals surface area contributed by atoms with Crippen molar-refractivity contribution in [3.63, 3.8) is 0 Å². The standard InChI is InChI=1S/C16H15FN2S/c17-13-5-6-15(12(9-13)7-8-18)20-16-10-11-3-1-2-4-14(11)19-16/h1-6,9-10,19H,7-8,18H2. The van der Waals surface area contributed by atoms with Crippen molar-refractivity contribution >= 4 is 22.7 Å². The summed E-state index contributed by atoms with van der Waals surface area (Å²) in [6.45, 7) is 0.518. The van der Waals surface area contributed by atoms with Crippen molar-refractivity contribution in [2.75, 3.05) is 6.54 Å². The van der Waals surface area contributed by atoms with E-state index in [0.29, 0.717) is 13.0 Å². The second-order valence-electron chi connectivity index (χ2n) is 4.61. The quantitative estimate of drug-likeness (QED) is 0.762. The fourth-order valence-corrected chi connectivity index (χ4v) is 3.23. The summed E-state index contributed by atoms with van der Waals surface area (Å²) in [6.07, 6.45) is 0.681. The number of fused-ring (bicyclic) bond motifs is 1. The van der Waals surface area contributed by atoms with Crippen LogP contribution >= 0.6 is 11.8 Å². The molecule has 3 N–H and O–H groups in total. The monoisotopic (exact) mass is 286 g/mol. The molecular formula is C16H15FN2S. The zero-order valence-corrected chi connectivity index (χ0v) is 11.7. The van der Waals surface area contributed by atoms with Crippen LogP contribution in [0.5, 0.6) is 0 Å². The summed E-state index contributed by atoms with van der Waals surface area (Å²) in [5.74, 6) is -0.213. The van der Waals surface area contributed by atoms with Crippen LogP contribution in [0.4, 0.5) is 4.39 Å². The lowest BCUT2D eigenvalue weighted by Gasteiger charge is -2.07. The highest BCUT2D eigenvalue weighted by Gasteiger charge is 2.08. The topological polar surface area (TPSA) is 41.8 Å². The number of H-pyrrole nitrogens is 1. The van der Waals surface area contributed by atoms with Crippen molar-refractivity contribution < 1.29 is 4.39 Å². The number of benzene rings is 2. The first-order chi connectivity index (χ1) is 9.76. The van der Waals surface area contributed by atoms with E-state index in [1.165, 1.54) is 11.5 Å². The number of rotatable bonds is 4. The van der Waals surface area contributed by atoms with Crippen molar-refractivity contribution in [3.05, 3.63) is 59.9 Å². The van der Waals surface area contributed by atoms with E-state index in [1.807, 2.05) is 24.3 Å². The highest BCUT2D eigenvalue weighted by atomic mass is 32.2. The van der Waals surface area contributed by atoms with E-state index in [1.54, 1.807) is 17.8 Å². The van der Waals surface area contributed by atoms with Crippen molar-refractivity contribution in [1.29, 1.82) is 0 Å². The number of nitrogens with one attached hydrogen (secondary N) is 1.